The molecule has 0 N–H and O–H groups in total. The average Bonchev–Trinajstić information content (AvgIpc) is 2.32. The van der Waals surface area contributed by atoms with Gasteiger partial charge in [-0.1, -0.05) is 18.2 Å². The number of carbonyl (C=O) groups is 1. The Morgan fingerprint density at radius 2 is 1.72 bits per heavy atom. The summed E-state index contributed by atoms with van der Waals surface area (Å²) in [5.41, 5.74) is 3.04. The second kappa shape index (κ2) is 5.02. The van der Waals surface area contributed by atoms with Crippen molar-refractivity contribution in [2.24, 2.45) is 0 Å². The highest BCUT2D eigenvalue weighted by Gasteiger charge is 2.15. The predicted octanol–water partition coefficient (Wildman–Crippen LogP) is 4.44. The molecule has 2 aromatic carbocycles. The first-order valence-electron chi connectivity index (χ1n) is 5.56. The van der Waals surface area contributed by atoms with Gasteiger partial charge in [-0.3, -0.25) is 4.79 Å². The van der Waals surface area contributed by atoms with Crippen LogP contribution < -0.4 is 0 Å². The molecule has 2 rings (SSSR count). The average molecular weight is 307 g/mol. The SMILES string of the molecule is Cc1cccc(C)c1C(=O)c1ccc(F)c(Br)c1. The highest BCUT2D eigenvalue weighted by atomic mass is 79.9. The maximum atomic E-state index is 13.2. The summed E-state index contributed by atoms with van der Waals surface area (Å²) in [5, 5.41) is 0. The Bertz CT molecular complexity index is 600. The molecule has 1 nitrogen and oxygen atoms in total. The Kier molecular flexibility index (Phi) is 3.62. The van der Waals surface area contributed by atoms with Crippen molar-refractivity contribution in [1.82, 2.24) is 0 Å². The van der Waals surface area contributed by atoms with Gasteiger partial charge >= 0.3 is 0 Å². The summed E-state index contributed by atoms with van der Waals surface area (Å²) in [6.07, 6.45) is 0. The molecule has 0 fully saturated rings. The third-order valence-electron chi connectivity index (χ3n) is 2.89. The second-order valence-corrected chi connectivity index (χ2v) is 5.08. The number of rotatable bonds is 2. The standard InChI is InChI=1S/C15H12BrFO/c1-9-4-3-5-10(2)14(9)15(18)11-6-7-13(17)12(16)8-11/h3-8H,1-2H3. The number of hydrogen-bond acceptors (Lipinski definition) is 1. The summed E-state index contributed by atoms with van der Waals surface area (Å²) in [4.78, 5) is 12.4. The Balaban J connectivity index is 2.51. The van der Waals surface area contributed by atoms with E-state index in [0.29, 0.717) is 15.6 Å². The van der Waals surface area contributed by atoms with Gasteiger partial charge in [0.15, 0.2) is 5.78 Å². The van der Waals surface area contributed by atoms with Crippen LogP contribution >= 0.6 is 15.9 Å². The van der Waals surface area contributed by atoms with E-state index < -0.39 is 0 Å². The molecule has 0 aromatic heterocycles. The Hall–Kier alpha value is -1.48. The zero-order valence-corrected chi connectivity index (χ0v) is 11.7. The van der Waals surface area contributed by atoms with Crippen molar-refractivity contribution in [3.8, 4) is 0 Å². The van der Waals surface area contributed by atoms with Crippen LogP contribution in [0.15, 0.2) is 40.9 Å². The van der Waals surface area contributed by atoms with Crippen LogP contribution in [0.4, 0.5) is 4.39 Å². The molecule has 0 radical (unpaired) electrons. The summed E-state index contributed by atoms with van der Waals surface area (Å²) in [6, 6.07) is 10.0. The first-order chi connectivity index (χ1) is 8.50. The maximum Gasteiger partial charge on any atom is 0.193 e. The molecule has 92 valence electrons. The number of ketones is 1. The third-order valence-corrected chi connectivity index (χ3v) is 3.50. The molecule has 0 amide bonds. The second-order valence-electron chi connectivity index (χ2n) is 4.22. The molecule has 0 saturated carbocycles. The van der Waals surface area contributed by atoms with Crippen molar-refractivity contribution in [3.63, 3.8) is 0 Å². The van der Waals surface area contributed by atoms with Gasteiger partial charge in [-0.15, -0.1) is 0 Å². The molecule has 2 aromatic rings. The van der Waals surface area contributed by atoms with Crippen LogP contribution in [0.3, 0.4) is 0 Å². The number of benzene rings is 2. The molecule has 3 heteroatoms. The number of aryl methyl sites for hydroxylation is 2. The fourth-order valence-electron chi connectivity index (χ4n) is 1.95. The van der Waals surface area contributed by atoms with Crippen LogP contribution in [0.5, 0.6) is 0 Å². The lowest BCUT2D eigenvalue weighted by atomic mass is 9.95. The van der Waals surface area contributed by atoms with Crippen molar-refractivity contribution >= 4 is 21.7 Å². The van der Waals surface area contributed by atoms with E-state index in [2.05, 4.69) is 15.9 Å². The van der Waals surface area contributed by atoms with Gasteiger partial charge in [0.05, 0.1) is 4.47 Å². The molecule has 0 heterocycles. The van der Waals surface area contributed by atoms with E-state index in [1.165, 1.54) is 18.2 Å². The number of carbonyl (C=O) groups excluding carboxylic acids is 1. The molecular formula is C15H12BrFO. The van der Waals surface area contributed by atoms with E-state index in [4.69, 9.17) is 0 Å². The van der Waals surface area contributed by atoms with E-state index in [1.807, 2.05) is 32.0 Å². The Morgan fingerprint density at radius 1 is 1.11 bits per heavy atom. The third kappa shape index (κ3) is 2.36. The number of hydrogen-bond donors (Lipinski definition) is 0. The summed E-state index contributed by atoms with van der Waals surface area (Å²) >= 11 is 3.10. The number of halogens is 2. The molecule has 0 spiro atoms. The molecule has 0 atom stereocenters. The first kappa shape index (κ1) is 13.0. The van der Waals surface area contributed by atoms with Crippen LogP contribution in [0.1, 0.15) is 27.0 Å². The van der Waals surface area contributed by atoms with Crippen molar-refractivity contribution in [1.29, 1.82) is 0 Å². The van der Waals surface area contributed by atoms with E-state index >= 15 is 0 Å². The topological polar surface area (TPSA) is 17.1 Å². The summed E-state index contributed by atoms with van der Waals surface area (Å²) in [5.74, 6) is -0.445. The fraction of sp³-hybridized carbons (Fsp3) is 0.133. The molecular weight excluding hydrogens is 295 g/mol. The molecule has 0 saturated heterocycles. The lowest BCUT2D eigenvalue weighted by Crippen LogP contribution is -2.06. The van der Waals surface area contributed by atoms with Crippen molar-refractivity contribution in [2.45, 2.75) is 13.8 Å². The zero-order chi connectivity index (χ0) is 13.3. The minimum absolute atomic E-state index is 0.0775. The molecule has 0 unspecified atom stereocenters. The normalized spacial score (nSPS) is 10.4. The predicted molar refractivity (Wildman–Crippen MR) is 73.4 cm³/mol. The highest BCUT2D eigenvalue weighted by molar-refractivity contribution is 9.10. The molecule has 0 aliphatic rings. The van der Waals surface area contributed by atoms with Gasteiger partial charge in [0.1, 0.15) is 5.82 Å². The van der Waals surface area contributed by atoms with Gasteiger partial charge in [0.2, 0.25) is 0 Å². The minimum atomic E-state index is -0.368. The lowest BCUT2D eigenvalue weighted by Gasteiger charge is -2.09. The summed E-state index contributed by atoms with van der Waals surface area (Å²) in [6.45, 7) is 3.80. The van der Waals surface area contributed by atoms with Crippen molar-refractivity contribution in [3.05, 3.63) is 68.9 Å². The largest absolute Gasteiger partial charge is 0.289 e. The van der Waals surface area contributed by atoms with Crippen molar-refractivity contribution < 1.29 is 9.18 Å². The molecule has 18 heavy (non-hydrogen) atoms. The summed E-state index contributed by atoms with van der Waals surface area (Å²) < 4.78 is 13.5. The van der Waals surface area contributed by atoms with Gasteiger partial charge in [0.25, 0.3) is 0 Å². The van der Waals surface area contributed by atoms with Gasteiger partial charge in [0, 0.05) is 11.1 Å². The lowest BCUT2D eigenvalue weighted by molar-refractivity contribution is 0.103. The van der Waals surface area contributed by atoms with E-state index in [-0.39, 0.29) is 11.6 Å². The van der Waals surface area contributed by atoms with Crippen LogP contribution in [-0.4, -0.2) is 5.78 Å². The van der Waals surface area contributed by atoms with Crippen LogP contribution in [-0.2, 0) is 0 Å². The smallest absolute Gasteiger partial charge is 0.193 e. The molecule has 0 aliphatic heterocycles. The Labute approximate surface area is 114 Å². The van der Waals surface area contributed by atoms with E-state index in [1.54, 1.807) is 0 Å². The quantitative estimate of drug-likeness (QED) is 0.750. The van der Waals surface area contributed by atoms with Gasteiger partial charge in [-0.05, 0) is 59.1 Å². The van der Waals surface area contributed by atoms with E-state index in [0.717, 1.165) is 11.1 Å². The molecule has 0 bridgehead atoms. The monoisotopic (exact) mass is 306 g/mol. The summed E-state index contributed by atoms with van der Waals surface area (Å²) in [7, 11) is 0. The first-order valence-corrected chi connectivity index (χ1v) is 6.36. The Morgan fingerprint density at radius 3 is 2.28 bits per heavy atom. The van der Waals surface area contributed by atoms with Crippen LogP contribution in [0.25, 0.3) is 0 Å². The maximum absolute atomic E-state index is 13.2. The van der Waals surface area contributed by atoms with Crippen molar-refractivity contribution in [2.75, 3.05) is 0 Å². The van der Waals surface area contributed by atoms with E-state index in [9.17, 15) is 9.18 Å². The van der Waals surface area contributed by atoms with Crippen LogP contribution in [0, 0.1) is 19.7 Å². The minimum Gasteiger partial charge on any atom is -0.289 e. The van der Waals surface area contributed by atoms with Gasteiger partial charge in [-0.25, -0.2) is 4.39 Å². The van der Waals surface area contributed by atoms with Gasteiger partial charge < -0.3 is 0 Å². The highest BCUT2D eigenvalue weighted by Crippen LogP contribution is 2.22. The van der Waals surface area contributed by atoms with Crippen LogP contribution in [0.2, 0.25) is 0 Å². The zero-order valence-electron chi connectivity index (χ0n) is 10.1. The van der Waals surface area contributed by atoms with Gasteiger partial charge in [-0.2, -0.15) is 0 Å². The molecule has 0 aliphatic carbocycles. The fourth-order valence-corrected chi connectivity index (χ4v) is 2.33.